The van der Waals surface area contributed by atoms with Crippen molar-refractivity contribution in [3.05, 3.63) is 40.4 Å². The van der Waals surface area contributed by atoms with Crippen LogP contribution in [0.3, 0.4) is 0 Å². The minimum Gasteiger partial charge on any atom is -0.379 e. The predicted molar refractivity (Wildman–Crippen MR) is 89.1 cm³/mol. The Morgan fingerprint density at radius 1 is 1.33 bits per heavy atom. The van der Waals surface area contributed by atoms with Gasteiger partial charge in [-0.15, -0.1) is 11.3 Å². The highest BCUT2D eigenvalue weighted by molar-refractivity contribution is 7.14. The standard InChI is InChI=1S/C16H21N3OS/c1-5-19(13(4)20)16-18-15(10-21-16)9-17-14-7-6-11(2)12(3)8-14/h6-8,10,17H,5,9H2,1-4H3. The summed E-state index contributed by atoms with van der Waals surface area (Å²) in [5.41, 5.74) is 4.60. The zero-order valence-corrected chi connectivity index (χ0v) is 13.8. The van der Waals surface area contributed by atoms with E-state index in [1.165, 1.54) is 22.5 Å². The maximum Gasteiger partial charge on any atom is 0.225 e. The average molecular weight is 303 g/mol. The van der Waals surface area contributed by atoms with Gasteiger partial charge in [0, 0.05) is 24.5 Å². The summed E-state index contributed by atoms with van der Waals surface area (Å²) in [6.45, 7) is 9.04. The highest BCUT2D eigenvalue weighted by atomic mass is 32.1. The molecule has 1 aromatic carbocycles. The molecule has 0 fully saturated rings. The number of amides is 1. The van der Waals surface area contributed by atoms with Crippen LogP contribution >= 0.6 is 11.3 Å². The third kappa shape index (κ3) is 3.82. The summed E-state index contributed by atoms with van der Waals surface area (Å²) < 4.78 is 0. The van der Waals surface area contributed by atoms with Crippen molar-refractivity contribution < 1.29 is 4.79 Å². The Bertz CT molecular complexity index is 636. The number of hydrogen-bond donors (Lipinski definition) is 1. The molecule has 2 rings (SSSR count). The Hall–Kier alpha value is -1.88. The van der Waals surface area contributed by atoms with E-state index in [1.54, 1.807) is 11.8 Å². The molecule has 5 heteroatoms. The summed E-state index contributed by atoms with van der Waals surface area (Å²) >= 11 is 1.51. The molecule has 0 saturated carbocycles. The first-order chi connectivity index (χ1) is 10.0. The number of carbonyl (C=O) groups is 1. The van der Waals surface area contributed by atoms with Crippen LogP contribution in [0, 0.1) is 13.8 Å². The summed E-state index contributed by atoms with van der Waals surface area (Å²) in [7, 11) is 0. The lowest BCUT2D eigenvalue weighted by atomic mass is 10.1. The number of aromatic nitrogens is 1. The van der Waals surface area contributed by atoms with Gasteiger partial charge < -0.3 is 5.32 Å². The molecule has 0 unspecified atom stereocenters. The SMILES string of the molecule is CCN(C(C)=O)c1nc(CNc2ccc(C)c(C)c2)cs1. The normalized spacial score (nSPS) is 10.5. The minimum atomic E-state index is 0.0283. The third-order valence-electron chi connectivity index (χ3n) is 3.45. The van der Waals surface area contributed by atoms with Crippen molar-refractivity contribution in [3.63, 3.8) is 0 Å². The van der Waals surface area contributed by atoms with E-state index in [0.29, 0.717) is 13.1 Å². The van der Waals surface area contributed by atoms with Crippen LogP contribution < -0.4 is 10.2 Å². The largest absolute Gasteiger partial charge is 0.379 e. The summed E-state index contributed by atoms with van der Waals surface area (Å²) in [4.78, 5) is 17.7. The Morgan fingerprint density at radius 3 is 2.71 bits per heavy atom. The van der Waals surface area contributed by atoms with E-state index in [9.17, 15) is 4.79 Å². The molecule has 1 N–H and O–H groups in total. The highest BCUT2D eigenvalue weighted by Crippen LogP contribution is 2.21. The molecule has 0 aliphatic rings. The first-order valence-electron chi connectivity index (χ1n) is 7.05. The van der Waals surface area contributed by atoms with Crippen molar-refractivity contribution in [2.75, 3.05) is 16.8 Å². The lowest BCUT2D eigenvalue weighted by molar-refractivity contribution is -0.116. The first kappa shape index (κ1) is 15.5. The van der Waals surface area contributed by atoms with Crippen LogP contribution in [-0.2, 0) is 11.3 Å². The van der Waals surface area contributed by atoms with Gasteiger partial charge in [-0.2, -0.15) is 0 Å². The van der Waals surface area contributed by atoms with Crippen LogP contribution in [0.1, 0.15) is 30.7 Å². The second kappa shape index (κ2) is 6.72. The van der Waals surface area contributed by atoms with Crippen molar-refractivity contribution >= 4 is 28.1 Å². The quantitative estimate of drug-likeness (QED) is 0.915. The molecule has 1 heterocycles. The van der Waals surface area contributed by atoms with E-state index in [0.717, 1.165) is 16.5 Å². The Labute approximate surface area is 129 Å². The van der Waals surface area contributed by atoms with E-state index >= 15 is 0 Å². The smallest absolute Gasteiger partial charge is 0.225 e. The van der Waals surface area contributed by atoms with Gasteiger partial charge in [0.2, 0.25) is 5.91 Å². The van der Waals surface area contributed by atoms with Crippen molar-refractivity contribution in [1.29, 1.82) is 0 Å². The number of anilines is 2. The van der Waals surface area contributed by atoms with E-state index in [1.807, 2.05) is 12.3 Å². The van der Waals surface area contributed by atoms with Crippen LogP contribution in [0.2, 0.25) is 0 Å². The van der Waals surface area contributed by atoms with E-state index in [4.69, 9.17) is 0 Å². The summed E-state index contributed by atoms with van der Waals surface area (Å²) in [6, 6.07) is 6.32. The molecule has 4 nitrogen and oxygen atoms in total. The van der Waals surface area contributed by atoms with E-state index < -0.39 is 0 Å². The second-order valence-electron chi connectivity index (χ2n) is 5.04. The second-order valence-corrected chi connectivity index (χ2v) is 5.87. The zero-order valence-electron chi connectivity index (χ0n) is 12.9. The molecule has 2 aromatic rings. The molecule has 0 radical (unpaired) electrons. The predicted octanol–water partition coefficient (Wildman–Crippen LogP) is 3.74. The van der Waals surface area contributed by atoms with Gasteiger partial charge in [0.1, 0.15) is 0 Å². The first-order valence-corrected chi connectivity index (χ1v) is 7.93. The number of hydrogen-bond acceptors (Lipinski definition) is 4. The molecule has 1 amide bonds. The number of nitrogens with zero attached hydrogens (tertiary/aromatic N) is 2. The molecule has 0 spiro atoms. The monoisotopic (exact) mass is 303 g/mol. The van der Waals surface area contributed by atoms with Gasteiger partial charge in [0.25, 0.3) is 0 Å². The Morgan fingerprint density at radius 2 is 2.10 bits per heavy atom. The van der Waals surface area contributed by atoms with Crippen molar-refractivity contribution in [2.45, 2.75) is 34.2 Å². The molecule has 0 aliphatic carbocycles. The number of rotatable bonds is 5. The van der Waals surface area contributed by atoms with Crippen LogP contribution in [0.5, 0.6) is 0 Å². The summed E-state index contributed by atoms with van der Waals surface area (Å²) in [5.74, 6) is 0.0283. The van der Waals surface area contributed by atoms with E-state index in [2.05, 4.69) is 42.3 Å². The lowest BCUT2D eigenvalue weighted by Gasteiger charge is -2.14. The van der Waals surface area contributed by atoms with Gasteiger partial charge in [0.15, 0.2) is 5.13 Å². The van der Waals surface area contributed by atoms with Crippen molar-refractivity contribution in [3.8, 4) is 0 Å². The van der Waals surface area contributed by atoms with E-state index in [-0.39, 0.29) is 5.91 Å². The average Bonchev–Trinajstić information content (AvgIpc) is 2.89. The molecule has 0 saturated heterocycles. The maximum absolute atomic E-state index is 11.5. The van der Waals surface area contributed by atoms with Crippen LogP contribution in [-0.4, -0.2) is 17.4 Å². The van der Waals surface area contributed by atoms with Gasteiger partial charge in [-0.05, 0) is 44.0 Å². The number of thiazole rings is 1. The van der Waals surface area contributed by atoms with Gasteiger partial charge in [-0.1, -0.05) is 6.07 Å². The zero-order chi connectivity index (χ0) is 15.4. The molecular formula is C16H21N3OS. The molecule has 0 bridgehead atoms. The topological polar surface area (TPSA) is 45.2 Å². The lowest BCUT2D eigenvalue weighted by Crippen LogP contribution is -2.27. The number of carbonyl (C=O) groups excluding carboxylic acids is 1. The molecule has 112 valence electrons. The fraction of sp³-hybridized carbons (Fsp3) is 0.375. The fourth-order valence-corrected chi connectivity index (χ4v) is 2.97. The number of nitrogens with one attached hydrogen (secondary N) is 1. The summed E-state index contributed by atoms with van der Waals surface area (Å²) in [6.07, 6.45) is 0. The van der Waals surface area contributed by atoms with Gasteiger partial charge >= 0.3 is 0 Å². The molecule has 21 heavy (non-hydrogen) atoms. The molecular weight excluding hydrogens is 282 g/mol. The number of aryl methyl sites for hydroxylation is 2. The van der Waals surface area contributed by atoms with Gasteiger partial charge in [0.05, 0.1) is 12.2 Å². The van der Waals surface area contributed by atoms with Gasteiger partial charge in [-0.25, -0.2) is 4.98 Å². The van der Waals surface area contributed by atoms with Crippen LogP contribution in [0.4, 0.5) is 10.8 Å². The van der Waals surface area contributed by atoms with Crippen LogP contribution in [0.25, 0.3) is 0 Å². The summed E-state index contributed by atoms with van der Waals surface area (Å²) in [5, 5.41) is 6.13. The molecule has 0 aliphatic heterocycles. The molecule has 1 aromatic heterocycles. The Balaban J connectivity index is 2.02. The van der Waals surface area contributed by atoms with Crippen molar-refractivity contribution in [1.82, 2.24) is 4.98 Å². The van der Waals surface area contributed by atoms with Gasteiger partial charge in [-0.3, -0.25) is 9.69 Å². The third-order valence-corrected chi connectivity index (χ3v) is 4.36. The maximum atomic E-state index is 11.5. The van der Waals surface area contributed by atoms with Crippen molar-refractivity contribution in [2.24, 2.45) is 0 Å². The fourth-order valence-electron chi connectivity index (χ4n) is 2.04. The minimum absolute atomic E-state index is 0.0283. The van der Waals surface area contributed by atoms with Crippen LogP contribution in [0.15, 0.2) is 23.6 Å². The molecule has 0 atom stereocenters. The highest BCUT2D eigenvalue weighted by Gasteiger charge is 2.13. The number of benzene rings is 1. The Kier molecular flexibility index (Phi) is 4.96.